The van der Waals surface area contributed by atoms with Crippen molar-refractivity contribution in [1.82, 2.24) is 15.3 Å². The summed E-state index contributed by atoms with van der Waals surface area (Å²) in [5.41, 5.74) is 1.23. The maximum absolute atomic E-state index is 4.42. The first-order valence-corrected chi connectivity index (χ1v) is 8.09. The van der Waals surface area contributed by atoms with E-state index in [2.05, 4.69) is 46.5 Å². The zero-order valence-electron chi connectivity index (χ0n) is 12.3. The van der Waals surface area contributed by atoms with Gasteiger partial charge in [0.25, 0.3) is 0 Å². The van der Waals surface area contributed by atoms with E-state index in [1.807, 2.05) is 25.5 Å². The molecule has 3 aromatic rings. The highest BCUT2D eigenvalue weighted by Gasteiger charge is 2.18. The van der Waals surface area contributed by atoms with Crippen LogP contribution in [0, 0.1) is 6.92 Å². The molecule has 1 atom stereocenters. The monoisotopic (exact) mass is 297 g/mol. The first-order valence-electron chi connectivity index (χ1n) is 7.28. The van der Waals surface area contributed by atoms with Gasteiger partial charge in [0.05, 0.1) is 11.0 Å². The van der Waals surface area contributed by atoms with Crippen LogP contribution in [0.4, 0.5) is 0 Å². The standard InChI is InChI=1S/C17H19N3S/c1-3-8-19-17(16-11-20-12(2)21-16)15-10-18-9-13-6-4-5-7-14(13)15/h4-7,9-11,17,19H,3,8H2,1-2H3. The topological polar surface area (TPSA) is 37.8 Å². The summed E-state index contributed by atoms with van der Waals surface area (Å²) in [5.74, 6) is 0. The number of pyridine rings is 1. The number of hydrogen-bond acceptors (Lipinski definition) is 4. The highest BCUT2D eigenvalue weighted by molar-refractivity contribution is 7.11. The zero-order valence-corrected chi connectivity index (χ0v) is 13.2. The number of nitrogens with one attached hydrogen (secondary N) is 1. The molecule has 0 saturated carbocycles. The molecule has 0 saturated heterocycles. The van der Waals surface area contributed by atoms with Crippen molar-refractivity contribution >= 4 is 22.1 Å². The molecule has 0 aliphatic carbocycles. The Morgan fingerprint density at radius 3 is 2.81 bits per heavy atom. The molecule has 108 valence electrons. The SMILES string of the molecule is CCCNC(c1cnc(C)s1)c1cncc2ccccc12. The smallest absolute Gasteiger partial charge is 0.0897 e. The molecule has 21 heavy (non-hydrogen) atoms. The normalized spacial score (nSPS) is 12.7. The molecule has 0 amide bonds. The minimum Gasteiger partial charge on any atom is -0.305 e. The summed E-state index contributed by atoms with van der Waals surface area (Å²) in [4.78, 5) is 10.1. The molecule has 0 spiro atoms. The molecule has 0 aliphatic heterocycles. The largest absolute Gasteiger partial charge is 0.305 e. The Morgan fingerprint density at radius 2 is 2.05 bits per heavy atom. The number of hydrogen-bond donors (Lipinski definition) is 1. The van der Waals surface area contributed by atoms with Crippen molar-refractivity contribution in [3.63, 3.8) is 0 Å². The number of benzene rings is 1. The lowest BCUT2D eigenvalue weighted by atomic mass is 10.0. The lowest BCUT2D eigenvalue weighted by Crippen LogP contribution is -2.22. The van der Waals surface area contributed by atoms with Crippen molar-refractivity contribution in [3.8, 4) is 0 Å². The van der Waals surface area contributed by atoms with E-state index >= 15 is 0 Å². The molecule has 1 aromatic carbocycles. The fourth-order valence-electron chi connectivity index (χ4n) is 2.53. The minimum absolute atomic E-state index is 0.162. The Balaban J connectivity index is 2.09. The van der Waals surface area contributed by atoms with Crippen molar-refractivity contribution in [2.24, 2.45) is 0 Å². The van der Waals surface area contributed by atoms with E-state index in [0.29, 0.717) is 0 Å². The van der Waals surface area contributed by atoms with Crippen molar-refractivity contribution in [3.05, 3.63) is 58.3 Å². The number of rotatable bonds is 5. The fraction of sp³-hybridized carbons (Fsp3) is 0.294. The van der Waals surface area contributed by atoms with Crippen LogP contribution in [0.2, 0.25) is 0 Å². The van der Waals surface area contributed by atoms with Gasteiger partial charge in [0.15, 0.2) is 0 Å². The Morgan fingerprint density at radius 1 is 1.19 bits per heavy atom. The molecule has 4 heteroatoms. The van der Waals surface area contributed by atoms with E-state index in [-0.39, 0.29) is 6.04 Å². The van der Waals surface area contributed by atoms with Gasteiger partial charge < -0.3 is 5.32 Å². The van der Waals surface area contributed by atoms with Crippen LogP contribution in [0.25, 0.3) is 10.8 Å². The van der Waals surface area contributed by atoms with Gasteiger partial charge in [-0.2, -0.15) is 0 Å². The van der Waals surface area contributed by atoms with Gasteiger partial charge in [0.1, 0.15) is 0 Å². The number of fused-ring (bicyclic) bond motifs is 1. The summed E-state index contributed by atoms with van der Waals surface area (Å²) in [6.45, 7) is 5.21. The molecule has 0 fully saturated rings. The second-order valence-electron chi connectivity index (χ2n) is 5.12. The summed E-state index contributed by atoms with van der Waals surface area (Å²) in [5, 5.41) is 7.17. The summed E-state index contributed by atoms with van der Waals surface area (Å²) < 4.78 is 0. The van der Waals surface area contributed by atoms with Crippen LogP contribution in [0.15, 0.2) is 42.9 Å². The van der Waals surface area contributed by atoms with Crippen LogP contribution in [-0.4, -0.2) is 16.5 Å². The minimum atomic E-state index is 0.162. The fourth-order valence-corrected chi connectivity index (χ4v) is 3.41. The Labute approximate surface area is 129 Å². The molecule has 1 unspecified atom stereocenters. The van der Waals surface area contributed by atoms with Gasteiger partial charge in [0.2, 0.25) is 0 Å². The number of nitrogens with zero attached hydrogens (tertiary/aromatic N) is 2. The predicted molar refractivity (Wildman–Crippen MR) is 88.7 cm³/mol. The van der Waals surface area contributed by atoms with Gasteiger partial charge >= 0.3 is 0 Å². The summed E-state index contributed by atoms with van der Waals surface area (Å²) in [6, 6.07) is 8.58. The van der Waals surface area contributed by atoms with E-state index in [9.17, 15) is 0 Å². The molecule has 0 bridgehead atoms. The van der Waals surface area contributed by atoms with Gasteiger partial charge in [-0.25, -0.2) is 4.98 Å². The van der Waals surface area contributed by atoms with Gasteiger partial charge in [-0.1, -0.05) is 31.2 Å². The Kier molecular flexibility index (Phi) is 4.27. The van der Waals surface area contributed by atoms with Crippen LogP contribution in [0.1, 0.15) is 34.8 Å². The highest BCUT2D eigenvalue weighted by Crippen LogP contribution is 2.31. The molecule has 3 nitrogen and oxygen atoms in total. The third kappa shape index (κ3) is 2.96. The van der Waals surface area contributed by atoms with Crippen LogP contribution in [-0.2, 0) is 0 Å². The average molecular weight is 297 g/mol. The number of aryl methyl sites for hydroxylation is 1. The highest BCUT2D eigenvalue weighted by atomic mass is 32.1. The predicted octanol–water partition coefficient (Wildman–Crippen LogP) is 4.09. The van der Waals surface area contributed by atoms with E-state index in [0.717, 1.165) is 18.0 Å². The van der Waals surface area contributed by atoms with Gasteiger partial charge in [0, 0.05) is 34.4 Å². The third-order valence-electron chi connectivity index (χ3n) is 3.53. The van der Waals surface area contributed by atoms with Crippen LogP contribution >= 0.6 is 11.3 Å². The molecule has 0 aliphatic rings. The molecule has 2 heterocycles. The lowest BCUT2D eigenvalue weighted by molar-refractivity contribution is 0.607. The maximum atomic E-state index is 4.42. The number of thiazole rings is 1. The summed E-state index contributed by atoms with van der Waals surface area (Å²) in [7, 11) is 0. The quantitative estimate of drug-likeness (QED) is 0.771. The maximum Gasteiger partial charge on any atom is 0.0897 e. The molecular weight excluding hydrogens is 278 g/mol. The van der Waals surface area contributed by atoms with E-state index < -0.39 is 0 Å². The van der Waals surface area contributed by atoms with Crippen molar-refractivity contribution in [2.45, 2.75) is 26.3 Å². The van der Waals surface area contributed by atoms with Gasteiger partial charge in [-0.15, -0.1) is 11.3 Å². The average Bonchev–Trinajstić information content (AvgIpc) is 2.94. The van der Waals surface area contributed by atoms with Gasteiger partial charge in [-0.05, 0) is 25.3 Å². The molecular formula is C17H19N3S. The molecule has 2 aromatic heterocycles. The second kappa shape index (κ2) is 6.33. The molecule has 3 rings (SSSR count). The molecule has 0 radical (unpaired) electrons. The second-order valence-corrected chi connectivity index (χ2v) is 6.38. The van der Waals surface area contributed by atoms with Crippen molar-refractivity contribution in [2.75, 3.05) is 6.54 Å². The van der Waals surface area contributed by atoms with Gasteiger partial charge in [-0.3, -0.25) is 4.98 Å². The van der Waals surface area contributed by atoms with E-state index in [1.165, 1.54) is 21.2 Å². The first-order chi connectivity index (χ1) is 10.3. The van der Waals surface area contributed by atoms with E-state index in [4.69, 9.17) is 0 Å². The van der Waals surface area contributed by atoms with E-state index in [1.54, 1.807) is 11.3 Å². The Hall–Kier alpha value is -1.78. The number of aromatic nitrogens is 2. The molecule has 1 N–H and O–H groups in total. The first kappa shape index (κ1) is 14.2. The zero-order chi connectivity index (χ0) is 14.7. The third-order valence-corrected chi connectivity index (χ3v) is 4.51. The van der Waals surface area contributed by atoms with Crippen LogP contribution in [0.5, 0.6) is 0 Å². The Bertz CT molecular complexity index is 730. The lowest BCUT2D eigenvalue weighted by Gasteiger charge is -2.18. The van der Waals surface area contributed by atoms with Crippen molar-refractivity contribution in [1.29, 1.82) is 0 Å². The van der Waals surface area contributed by atoms with Crippen molar-refractivity contribution < 1.29 is 0 Å². The van der Waals surface area contributed by atoms with Crippen LogP contribution < -0.4 is 5.32 Å². The van der Waals surface area contributed by atoms with Crippen LogP contribution in [0.3, 0.4) is 0 Å². The summed E-state index contributed by atoms with van der Waals surface area (Å²) >= 11 is 1.75. The summed E-state index contributed by atoms with van der Waals surface area (Å²) in [6.07, 6.45) is 6.99.